The molecule has 0 saturated heterocycles. The molecule has 8 rings (SSSR count). The van der Waals surface area contributed by atoms with Gasteiger partial charge in [-0.2, -0.15) is 0 Å². The molecule has 0 spiro atoms. The molecule has 2 heterocycles. The maximum Gasteiger partial charge on any atom is 0.0541 e. The van der Waals surface area contributed by atoms with Gasteiger partial charge in [-0.1, -0.05) is 84.9 Å². The summed E-state index contributed by atoms with van der Waals surface area (Å²) in [5.74, 6) is 0. The second-order valence-electron chi connectivity index (χ2n) is 10.9. The van der Waals surface area contributed by atoms with Crippen LogP contribution in [-0.4, -0.2) is 9.13 Å². The Morgan fingerprint density at radius 1 is 0.350 bits per heavy atom. The minimum Gasteiger partial charge on any atom is -0.309 e. The van der Waals surface area contributed by atoms with Crippen molar-refractivity contribution < 1.29 is 0 Å². The maximum absolute atomic E-state index is 2.41. The molecule has 0 bridgehead atoms. The molecule has 0 fully saturated rings. The molecule has 190 valence electrons. The van der Waals surface area contributed by atoms with Gasteiger partial charge < -0.3 is 9.13 Å². The van der Waals surface area contributed by atoms with Crippen LogP contribution in [0.25, 0.3) is 66.1 Å². The van der Waals surface area contributed by atoms with Crippen molar-refractivity contribution in [1.29, 1.82) is 0 Å². The Bertz CT molecular complexity index is 1970. The molecule has 0 aliphatic carbocycles. The molecule has 0 saturated carbocycles. The van der Waals surface area contributed by atoms with Crippen LogP contribution < -0.4 is 0 Å². The van der Waals surface area contributed by atoms with Crippen LogP contribution in [0.4, 0.5) is 0 Å². The lowest BCUT2D eigenvalue weighted by atomic mass is 9.99. The number of rotatable bonds is 3. The zero-order valence-corrected chi connectivity index (χ0v) is 22.6. The monoisotopic (exact) mass is 512 g/mol. The van der Waals surface area contributed by atoms with E-state index in [1.54, 1.807) is 0 Å². The number of hydrogen-bond donors (Lipinski definition) is 0. The highest BCUT2D eigenvalue weighted by Crippen LogP contribution is 2.36. The molecule has 0 aliphatic rings. The standard InChI is InChI=1S/C38H28N2/c1-25-19-27(23-29(21-25)39-35-15-7-3-11-31(35)32-12-4-8-16-36(32)39)28-20-26(2)22-30(24-28)40-37-17-9-5-13-33(37)34-14-6-10-18-38(34)40/h3-24H,1-2H3. The highest BCUT2D eigenvalue weighted by Gasteiger charge is 2.15. The lowest BCUT2D eigenvalue weighted by Gasteiger charge is -2.15. The Labute approximate surface area is 233 Å². The van der Waals surface area contributed by atoms with E-state index in [1.165, 1.54) is 77.2 Å². The third kappa shape index (κ3) is 3.43. The zero-order valence-electron chi connectivity index (χ0n) is 22.6. The number of nitrogens with zero attached hydrogens (tertiary/aromatic N) is 2. The van der Waals surface area contributed by atoms with Gasteiger partial charge in [0.1, 0.15) is 0 Å². The highest BCUT2D eigenvalue weighted by atomic mass is 15.0. The third-order valence-corrected chi connectivity index (χ3v) is 8.13. The molecule has 0 radical (unpaired) electrons. The molecule has 6 aromatic carbocycles. The molecule has 40 heavy (non-hydrogen) atoms. The molecule has 0 amide bonds. The van der Waals surface area contributed by atoms with Gasteiger partial charge in [-0.05, 0) is 84.6 Å². The predicted octanol–water partition coefficient (Wildman–Crippen LogP) is 10.2. The summed E-state index contributed by atoms with van der Waals surface area (Å²) in [4.78, 5) is 0. The molecule has 0 unspecified atom stereocenters. The van der Waals surface area contributed by atoms with Crippen molar-refractivity contribution in [2.24, 2.45) is 0 Å². The van der Waals surface area contributed by atoms with E-state index in [1.807, 2.05) is 0 Å². The van der Waals surface area contributed by atoms with Gasteiger partial charge >= 0.3 is 0 Å². The van der Waals surface area contributed by atoms with Crippen LogP contribution in [0.15, 0.2) is 133 Å². The van der Waals surface area contributed by atoms with E-state index in [4.69, 9.17) is 0 Å². The van der Waals surface area contributed by atoms with Gasteiger partial charge in [-0.15, -0.1) is 0 Å². The quantitative estimate of drug-likeness (QED) is 0.223. The molecule has 0 aliphatic heterocycles. The number of benzene rings is 6. The first-order valence-electron chi connectivity index (χ1n) is 13.9. The number of aromatic nitrogens is 2. The minimum atomic E-state index is 1.19. The Hall–Kier alpha value is -5.08. The Kier molecular flexibility index (Phi) is 4.99. The summed E-state index contributed by atoms with van der Waals surface area (Å²) in [7, 11) is 0. The maximum atomic E-state index is 2.41. The summed E-state index contributed by atoms with van der Waals surface area (Å²) < 4.78 is 4.82. The number of fused-ring (bicyclic) bond motifs is 6. The molecule has 0 N–H and O–H groups in total. The van der Waals surface area contributed by atoms with Crippen molar-refractivity contribution in [3.8, 4) is 22.5 Å². The van der Waals surface area contributed by atoms with Gasteiger partial charge in [0.2, 0.25) is 0 Å². The van der Waals surface area contributed by atoms with Crippen LogP contribution in [0.3, 0.4) is 0 Å². The van der Waals surface area contributed by atoms with Crippen molar-refractivity contribution >= 4 is 43.6 Å². The van der Waals surface area contributed by atoms with Crippen LogP contribution >= 0.6 is 0 Å². The third-order valence-electron chi connectivity index (χ3n) is 8.13. The number of hydrogen-bond acceptors (Lipinski definition) is 0. The molecule has 0 atom stereocenters. The molecular weight excluding hydrogens is 484 g/mol. The second kappa shape index (κ2) is 8.72. The van der Waals surface area contributed by atoms with E-state index >= 15 is 0 Å². The minimum absolute atomic E-state index is 1.19. The smallest absolute Gasteiger partial charge is 0.0541 e. The molecule has 8 aromatic rings. The van der Waals surface area contributed by atoms with E-state index in [-0.39, 0.29) is 0 Å². The Balaban J connectivity index is 1.36. The fourth-order valence-corrected chi connectivity index (χ4v) is 6.52. The van der Waals surface area contributed by atoms with E-state index in [0.717, 1.165) is 0 Å². The van der Waals surface area contributed by atoms with Gasteiger partial charge in [0.25, 0.3) is 0 Å². The zero-order chi connectivity index (χ0) is 26.8. The normalized spacial score (nSPS) is 11.8. The van der Waals surface area contributed by atoms with Crippen LogP contribution in [0.2, 0.25) is 0 Å². The summed E-state index contributed by atoms with van der Waals surface area (Å²) in [6, 6.07) is 48.7. The van der Waals surface area contributed by atoms with Gasteiger partial charge in [-0.3, -0.25) is 0 Å². The van der Waals surface area contributed by atoms with Crippen molar-refractivity contribution in [3.63, 3.8) is 0 Å². The first-order valence-corrected chi connectivity index (χ1v) is 13.9. The molecule has 2 aromatic heterocycles. The van der Waals surface area contributed by atoms with Gasteiger partial charge in [0.05, 0.1) is 22.1 Å². The second-order valence-corrected chi connectivity index (χ2v) is 10.9. The number of aryl methyl sites for hydroxylation is 2. The molecular formula is C38H28N2. The van der Waals surface area contributed by atoms with Gasteiger partial charge in [0.15, 0.2) is 0 Å². The van der Waals surface area contributed by atoms with Gasteiger partial charge in [0, 0.05) is 32.9 Å². The lowest BCUT2D eigenvalue weighted by molar-refractivity contribution is 1.16. The van der Waals surface area contributed by atoms with Crippen molar-refractivity contribution in [3.05, 3.63) is 145 Å². The highest BCUT2D eigenvalue weighted by molar-refractivity contribution is 6.10. The van der Waals surface area contributed by atoms with E-state index < -0.39 is 0 Å². The van der Waals surface area contributed by atoms with Crippen LogP contribution in [0, 0.1) is 13.8 Å². The van der Waals surface area contributed by atoms with Crippen LogP contribution in [0.5, 0.6) is 0 Å². The average molecular weight is 513 g/mol. The predicted molar refractivity (Wildman–Crippen MR) is 170 cm³/mol. The SMILES string of the molecule is Cc1cc(-c2cc(C)cc(-n3c4ccccc4c4ccccc43)c2)cc(-n2c3ccccc3c3ccccc32)c1. The Morgan fingerprint density at radius 2 is 0.650 bits per heavy atom. The van der Waals surface area contributed by atoms with Crippen molar-refractivity contribution in [2.75, 3.05) is 0 Å². The Morgan fingerprint density at radius 3 is 0.975 bits per heavy atom. The van der Waals surface area contributed by atoms with Crippen LogP contribution in [-0.2, 0) is 0 Å². The molecule has 2 nitrogen and oxygen atoms in total. The van der Waals surface area contributed by atoms with Crippen LogP contribution in [0.1, 0.15) is 11.1 Å². The van der Waals surface area contributed by atoms with E-state index in [0.29, 0.717) is 0 Å². The first kappa shape index (κ1) is 22.9. The summed E-state index contributed by atoms with van der Waals surface area (Å²) in [6.45, 7) is 4.40. The summed E-state index contributed by atoms with van der Waals surface area (Å²) >= 11 is 0. The fraction of sp³-hybridized carbons (Fsp3) is 0.0526. The van der Waals surface area contributed by atoms with E-state index in [9.17, 15) is 0 Å². The number of para-hydroxylation sites is 4. The first-order chi connectivity index (χ1) is 19.7. The largest absolute Gasteiger partial charge is 0.309 e. The van der Waals surface area contributed by atoms with E-state index in [2.05, 4.69) is 156 Å². The van der Waals surface area contributed by atoms with Crippen molar-refractivity contribution in [1.82, 2.24) is 9.13 Å². The van der Waals surface area contributed by atoms with Gasteiger partial charge in [-0.25, -0.2) is 0 Å². The topological polar surface area (TPSA) is 9.86 Å². The lowest BCUT2D eigenvalue weighted by Crippen LogP contribution is -1.97. The fourth-order valence-electron chi connectivity index (χ4n) is 6.52. The molecule has 2 heteroatoms. The summed E-state index contributed by atoms with van der Waals surface area (Å²) in [5, 5.41) is 5.13. The summed E-state index contributed by atoms with van der Waals surface area (Å²) in [5.41, 5.74) is 12.2. The summed E-state index contributed by atoms with van der Waals surface area (Å²) in [6.07, 6.45) is 0. The average Bonchev–Trinajstić information content (AvgIpc) is 3.50. The van der Waals surface area contributed by atoms with Crippen molar-refractivity contribution in [2.45, 2.75) is 13.8 Å².